The van der Waals surface area contributed by atoms with Crippen LogP contribution in [0.15, 0.2) is 91.5 Å². The summed E-state index contributed by atoms with van der Waals surface area (Å²) in [6.45, 7) is 4.09. The van der Waals surface area contributed by atoms with Crippen molar-refractivity contribution < 1.29 is 0 Å². The Labute approximate surface area is 130 Å². The molecular weight excluding hydrogens is 266 g/mol. The Kier molecular flexibility index (Phi) is 3.05. The number of rotatable bonds is 3. The largest absolute Gasteiger partial charge is 0.329 e. The summed E-state index contributed by atoms with van der Waals surface area (Å²) in [5, 5.41) is 2.58. The molecule has 0 aliphatic heterocycles. The van der Waals surface area contributed by atoms with Gasteiger partial charge in [0, 0.05) is 21.8 Å². The third kappa shape index (κ3) is 1.86. The van der Waals surface area contributed by atoms with E-state index in [0.717, 1.165) is 0 Å². The smallest absolute Gasteiger partial charge is 0.0773 e. The highest BCUT2D eigenvalue weighted by Gasteiger charge is 2.16. The molecule has 106 valence electrons. The normalized spacial score (nSPS) is 12.5. The van der Waals surface area contributed by atoms with Gasteiger partial charge in [0.25, 0.3) is 0 Å². The minimum absolute atomic E-state index is 0.131. The Hall–Kier alpha value is -2.80. The van der Waals surface area contributed by atoms with Crippen molar-refractivity contribution in [2.24, 2.45) is 0 Å². The fraction of sp³-hybridized carbons (Fsp3) is 0.0476. The molecule has 0 bridgehead atoms. The summed E-state index contributed by atoms with van der Waals surface area (Å²) in [6, 6.07) is 27.8. The summed E-state index contributed by atoms with van der Waals surface area (Å²) in [5.74, 6) is 0. The summed E-state index contributed by atoms with van der Waals surface area (Å²) in [6.07, 6.45) is 2.02. The summed E-state index contributed by atoms with van der Waals surface area (Å²) in [5.41, 5.74) is 3.75. The average molecular weight is 283 g/mol. The second kappa shape index (κ2) is 5.19. The molecule has 22 heavy (non-hydrogen) atoms. The molecule has 1 heteroatoms. The first kappa shape index (κ1) is 12.9. The molecule has 0 spiro atoms. The molecule has 0 aliphatic carbocycles. The van der Waals surface area contributed by atoms with Crippen LogP contribution < -0.4 is 0 Å². The lowest BCUT2D eigenvalue weighted by molar-refractivity contribution is 0.756. The van der Waals surface area contributed by atoms with Gasteiger partial charge in [-0.1, -0.05) is 72.8 Å². The first-order chi connectivity index (χ1) is 10.9. The van der Waals surface area contributed by atoms with Gasteiger partial charge in [-0.3, -0.25) is 0 Å². The zero-order valence-electron chi connectivity index (χ0n) is 12.3. The van der Waals surface area contributed by atoms with E-state index in [1.807, 2.05) is 6.08 Å². The van der Waals surface area contributed by atoms with Crippen molar-refractivity contribution in [3.8, 4) is 0 Å². The van der Waals surface area contributed by atoms with Crippen molar-refractivity contribution in [3.05, 3.63) is 97.1 Å². The minimum Gasteiger partial charge on any atom is -0.329 e. The Morgan fingerprint density at radius 1 is 0.682 bits per heavy atom. The average Bonchev–Trinajstić information content (AvgIpc) is 2.92. The number of allylic oxidation sites excluding steroid dienone is 1. The predicted molar refractivity (Wildman–Crippen MR) is 94.2 cm³/mol. The van der Waals surface area contributed by atoms with Crippen LogP contribution in [0.25, 0.3) is 21.8 Å². The summed E-state index contributed by atoms with van der Waals surface area (Å²) in [4.78, 5) is 0. The summed E-state index contributed by atoms with van der Waals surface area (Å²) in [7, 11) is 0. The van der Waals surface area contributed by atoms with Gasteiger partial charge in [0.15, 0.2) is 0 Å². The molecule has 0 radical (unpaired) electrons. The first-order valence-electron chi connectivity index (χ1n) is 7.55. The quantitative estimate of drug-likeness (QED) is 0.433. The van der Waals surface area contributed by atoms with Crippen molar-refractivity contribution in [2.75, 3.05) is 0 Å². The molecule has 1 aromatic heterocycles. The van der Waals surface area contributed by atoms with Crippen LogP contribution >= 0.6 is 0 Å². The van der Waals surface area contributed by atoms with Crippen molar-refractivity contribution in [1.29, 1.82) is 0 Å². The molecule has 0 unspecified atom stereocenters. The number of hydrogen-bond donors (Lipinski definition) is 0. The molecule has 4 aromatic rings. The fourth-order valence-electron chi connectivity index (χ4n) is 3.29. The van der Waals surface area contributed by atoms with E-state index in [4.69, 9.17) is 0 Å². The molecule has 0 aliphatic rings. The molecule has 1 heterocycles. The molecule has 4 rings (SSSR count). The molecular formula is C21H17N. The highest BCUT2D eigenvalue weighted by atomic mass is 15.0. The zero-order chi connectivity index (χ0) is 14.9. The minimum atomic E-state index is 0.131. The van der Waals surface area contributed by atoms with Gasteiger partial charge in [0.05, 0.1) is 6.04 Å². The van der Waals surface area contributed by atoms with E-state index in [1.165, 1.54) is 27.4 Å². The molecule has 0 amide bonds. The van der Waals surface area contributed by atoms with Crippen LogP contribution in [0.1, 0.15) is 11.6 Å². The number of hydrogen-bond acceptors (Lipinski definition) is 0. The van der Waals surface area contributed by atoms with Crippen molar-refractivity contribution in [1.82, 2.24) is 4.57 Å². The monoisotopic (exact) mass is 283 g/mol. The van der Waals surface area contributed by atoms with Crippen molar-refractivity contribution in [3.63, 3.8) is 0 Å². The Morgan fingerprint density at radius 2 is 1.18 bits per heavy atom. The number of fused-ring (bicyclic) bond motifs is 3. The molecule has 1 nitrogen and oxygen atoms in total. The molecule has 3 aromatic carbocycles. The van der Waals surface area contributed by atoms with E-state index >= 15 is 0 Å². The highest BCUT2D eigenvalue weighted by molar-refractivity contribution is 6.08. The topological polar surface area (TPSA) is 4.93 Å². The van der Waals surface area contributed by atoms with E-state index in [1.54, 1.807) is 0 Å². The molecule has 1 atom stereocenters. The maximum absolute atomic E-state index is 4.09. The van der Waals surface area contributed by atoms with Gasteiger partial charge in [-0.05, 0) is 17.7 Å². The third-order valence-electron chi connectivity index (χ3n) is 4.26. The number of nitrogens with zero attached hydrogens (tertiary/aromatic N) is 1. The van der Waals surface area contributed by atoms with Crippen molar-refractivity contribution in [2.45, 2.75) is 6.04 Å². The van der Waals surface area contributed by atoms with Crippen LogP contribution in [-0.2, 0) is 0 Å². The van der Waals surface area contributed by atoms with Crippen LogP contribution in [0.3, 0.4) is 0 Å². The van der Waals surface area contributed by atoms with Gasteiger partial charge in [0.2, 0.25) is 0 Å². The van der Waals surface area contributed by atoms with E-state index in [0.29, 0.717) is 0 Å². The maximum atomic E-state index is 4.09. The van der Waals surface area contributed by atoms with Gasteiger partial charge >= 0.3 is 0 Å². The van der Waals surface area contributed by atoms with Gasteiger partial charge in [-0.2, -0.15) is 0 Å². The summed E-state index contributed by atoms with van der Waals surface area (Å²) < 4.78 is 2.38. The number of para-hydroxylation sites is 2. The van der Waals surface area contributed by atoms with E-state index in [2.05, 4.69) is 90.0 Å². The third-order valence-corrected chi connectivity index (χ3v) is 4.26. The predicted octanol–water partition coefficient (Wildman–Crippen LogP) is 5.57. The van der Waals surface area contributed by atoms with Crippen LogP contribution in [0, 0.1) is 0 Å². The van der Waals surface area contributed by atoms with Crippen LogP contribution in [0.5, 0.6) is 0 Å². The first-order valence-corrected chi connectivity index (χ1v) is 7.55. The molecule has 0 saturated carbocycles. The fourth-order valence-corrected chi connectivity index (χ4v) is 3.29. The Bertz CT molecular complexity index is 894. The number of aromatic nitrogens is 1. The number of benzene rings is 3. The lowest BCUT2D eigenvalue weighted by Gasteiger charge is -2.18. The van der Waals surface area contributed by atoms with E-state index in [-0.39, 0.29) is 6.04 Å². The zero-order valence-corrected chi connectivity index (χ0v) is 12.3. The van der Waals surface area contributed by atoms with Gasteiger partial charge in [-0.25, -0.2) is 0 Å². The standard InChI is InChI=1S/C21H17N/c1-2-19(16-10-4-3-5-11-16)22-20-14-8-6-12-17(20)18-13-7-9-15-21(18)22/h2-15,19H,1H2/t19-/m1/s1. The van der Waals surface area contributed by atoms with Gasteiger partial charge in [-0.15, -0.1) is 6.58 Å². The van der Waals surface area contributed by atoms with Crippen LogP contribution in [0.4, 0.5) is 0 Å². The molecule has 0 fully saturated rings. The lowest BCUT2D eigenvalue weighted by Crippen LogP contribution is -2.07. The molecule has 0 N–H and O–H groups in total. The van der Waals surface area contributed by atoms with Crippen LogP contribution in [-0.4, -0.2) is 4.57 Å². The maximum Gasteiger partial charge on any atom is 0.0773 e. The summed E-state index contributed by atoms with van der Waals surface area (Å²) >= 11 is 0. The second-order valence-electron chi connectivity index (χ2n) is 5.50. The van der Waals surface area contributed by atoms with Crippen molar-refractivity contribution >= 4 is 21.8 Å². The van der Waals surface area contributed by atoms with Gasteiger partial charge < -0.3 is 4.57 Å². The van der Waals surface area contributed by atoms with Crippen LogP contribution in [0.2, 0.25) is 0 Å². The Morgan fingerprint density at radius 3 is 1.73 bits per heavy atom. The molecule has 0 saturated heterocycles. The highest BCUT2D eigenvalue weighted by Crippen LogP contribution is 2.34. The second-order valence-corrected chi connectivity index (χ2v) is 5.50. The van der Waals surface area contributed by atoms with E-state index < -0.39 is 0 Å². The van der Waals surface area contributed by atoms with E-state index in [9.17, 15) is 0 Å². The SMILES string of the molecule is C=C[C@H](c1ccccc1)n1c2ccccc2c2ccccc21. The lowest BCUT2D eigenvalue weighted by atomic mass is 10.1. The Balaban J connectivity index is 2.09. The van der Waals surface area contributed by atoms with Gasteiger partial charge in [0.1, 0.15) is 0 Å².